The third-order valence-electron chi connectivity index (χ3n) is 4.42. The van der Waals surface area contributed by atoms with E-state index in [1.807, 2.05) is 37.4 Å². The minimum atomic E-state index is -0.380. The first-order valence-corrected chi connectivity index (χ1v) is 8.07. The van der Waals surface area contributed by atoms with Gasteiger partial charge in [-0.25, -0.2) is 0 Å². The molecule has 8 heteroatoms. The Balaban J connectivity index is 1.74. The molecule has 3 rings (SSSR count). The summed E-state index contributed by atoms with van der Waals surface area (Å²) in [6, 6.07) is 0. The summed E-state index contributed by atoms with van der Waals surface area (Å²) in [5, 5.41) is 8.18. The number of ether oxygens (including phenoxy) is 1. The number of hydrogen-bond donors (Lipinski definition) is 0. The van der Waals surface area contributed by atoms with Crippen LogP contribution in [0, 0.1) is 20.8 Å². The quantitative estimate of drug-likeness (QED) is 0.840. The summed E-state index contributed by atoms with van der Waals surface area (Å²) in [5.41, 5.74) is 2.91. The van der Waals surface area contributed by atoms with Crippen LogP contribution in [-0.4, -0.2) is 49.9 Å². The second kappa shape index (κ2) is 6.35. The predicted octanol–water partition coefficient (Wildman–Crippen LogP) is 1.26. The molecule has 0 aromatic carbocycles. The SMILES string of the molecule is Cc1noc([C@H]2CN(C(=O)Cc3c(C)nn(C)c3C)C[C@@H](C)O2)n1. The van der Waals surface area contributed by atoms with Gasteiger partial charge in [-0.1, -0.05) is 5.16 Å². The summed E-state index contributed by atoms with van der Waals surface area (Å²) in [4.78, 5) is 18.8. The van der Waals surface area contributed by atoms with Crippen LogP contribution >= 0.6 is 0 Å². The van der Waals surface area contributed by atoms with Gasteiger partial charge in [-0.05, 0) is 27.7 Å². The Morgan fingerprint density at radius 1 is 1.29 bits per heavy atom. The van der Waals surface area contributed by atoms with Crippen molar-refractivity contribution in [3.63, 3.8) is 0 Å². The van der Waals surface area contributed by atoms with Crippen molar-refractivity contribution in [2.45, 2.75) is 46.3 Å². The number of carbonyl (C=O) groups is 1. The monoisotopic (exact) mass is 333 g/mol. The smallest absolute Gasteiger partial charge is 0.257 e. The van der Waals surface area contributed by atoms with Gasteiger partial charge in [-0.3, -0.25) is 9.48 Å². The fourth-order valence-electron chi connectivity index (χ4n) is 3.07. The van der Waals surface area contributed by atoms with E-state index in [-0.39, 0.29) is 18.1 Å². The third kappa shape index (κ3) is 3.19. The normalized spacial score (nSPS) is 21.3. The standard InChI is InChI=1S/C16H23N5O3/c1-9-7-21(8-14(23-9)16-17-12(4)19-24-16)15(22)6-13-10(2)18-20(5)11(13)3/h9,14H,6-8H2,1-5H3/t9-,14-/m1/s1. The highest BCUT2D eigenvalue weighted by atomic mass is 16.5. The molecular weight excluding hydrogens is 310 g/mol. The van der Waals surface area contributed by atoms with E-state index in [0.717, 1.165) is 17.0 Å². The molecule has 1 aliphatic heterocycles. The first kappa shape index (κ1) is 16.6. The van der Waals surface area contributed by atoms with Gasteiger partial charge in [0.05, 0.1) is 24.8 Å². The first-order valence-electron chi connectivity index (χ1n) is 8.07. The topological polar surface area (TPSA) is 86.3 Å². The minimum Gasteiger partial charge on any atom is -0.362 e. The molecule has 0 N–H and O–H groups in total. The third-order valence-corrected chi connectivity index (χ3v) is 4.42. The second-order valence-corrected chi connectivity index (χ2v) is 6.36. The van der Waals surface area contributed by atoms with Gasteiger partial charge >= 0.3 is 0 Å². The maximum atomic E-state index is 12.8. The van der Waals surface area contributed by atoms with Crippen LogP contribution in [-0.2, 0) is 23.0 Å². The lowest BCUT2D eigenvalue weighted by atomic mass is 10.1. The Hall–Kier alpha value is -2.22. The highest BCUT2D eigenvalue weighted by Gasteiger charge is 2.33. The lowest BCUT2D eigenvalue weighted by Crippen LogP contribution is -2.46. The van der Waals surface area contributed by atoms with Gasteiger partial charge in [0.1, 0.15) is 0 Å². The number of morpholine rings is 1. The predicted molar refractivity (Wildman–Crippen MR) is 85.3 cm³/mol. The molecule has 24 heavy (non-hydrogen) atoms. The Morgan fingerprint density at radius 3 is 2.62 bits per heavy atom. The van der Waals surface area contributed by atoms with E-state index in [9.17, 15) is 4.79 Å². The van der Waals surface area contributed by atoms with Crippen LogP contribution in [0.25, 0.3) is 0 Å². The van der Waals surface area contributed by atoms with Gasteiger partial charge in [0.2, 0.25) is 5.91 Å². The second-order valence-electron chi connectivity index (χ2n) is 6.36. The van der Waals surface area contributed by atoms with Crippen LogP contribution in [0.4, 0.5) is 0 Å². The molecule has 2 atom stereocenters. The van der Waals surface area contributed by atoms with Crippen LogP contribution in [0.2, 0.25) is 0 Å². The lowest BCUT2D eigenvalue weighted by Gasteiger charge is -2.35. The van der Waals surface area contributed by atoms with Crippen molar-refractivity contribution < 1.29 is 14.1 Å². The van der Waals surface area contributed by atoms with Crippen molar-refractivity contribution in [1.29, 1.82) is 0 Å². The van der Waals surface area contributed by atoms with E-state index in [0.29, 0.717) is 31.2 Å². The number of rotatable bonds is 3. The van der Waals surface area contributed by atoms with Crippen LogP contribution < -0.4 is 0 Å². The van der Waals surface area contributed by atoms with Crippen molar-refractivity contribution in [2.24, 2.45) is 7.05 Å². The van der Waals surface area contributed by atoms with Crippen LogP contribution in [0.5, 0.6) is 0 Å². The average Bonchev–Trinajstić information content (AvgIpc) is 3.06. The average molecular weight is 333 g/mol. The summed E-state index contributed by atoms with van der Waals surface area (Å²) >= 11 is 0. The van der Waals surface area contributed by atoms with Crippen LogP contribution in [0.1, 0.15) is 41.7 Å². The molecule has 0 radical (unpaired) electrons. The highest BCUT2D eigenvalue weighted by Crippen LogP contribution is 2.25. The fraction of sp³-hybridized carbons (Fsp3) is 0.625. The van der Waals surface area contributed by atoms with Crippen LogP contribution in [0.3, 0.4) is 0 Å². The Kier molecular flexibility index (Phi) is 4.40. The van der Waals surface area contributed by atoms with Gasteiger partial charge in [-0.15, -0.1) is 0 Å². The van der Waals surface area contributed by atoms with E-state index in [1.54, 1.807) is 6.92 Å². The largest absolute Gasteiger partial charge is 0.362 e. The van der Waals surface area contributed by atoms with Gasteiger partial charge in [-0.2, -0.15) is 10.1 Å². The van der Waals surface area contributed by atoms with Gasteiger partial charge in [0, 0.05) is 24.8 Å². The fourth-order valence-corrected chi connectivity index (χ4v) is 3.07. The van der Waals surface area contributed by atoms with Crippen molar-refractivity contribution in [1.82, 2.24) is 24.8 Å². The van der Waals surface area contributed by atoms with E-state index < -0.39 is 0 Å². The number of hydrogen-bond acceptors (Lipinski definition) is 6. The van der Waals surface area contributed by atoms with Crippen molar-refractivity contribution in [3.05, 3.63) is 28.7 Å². The molecule has 2 aromatic heterocycles. The number of aryl methyl sites for hydroxylation is 3. The number of nitrogens with zero attached hydrogens (tertiary/aromatic N) is 5. The van der Waals surface area contributed by atoms with E-state index >= 15 is 0 Å². The molecule has 8 nitrogen and oxygen atoms in total. The number of aromatic nitrogens is 4. The van der Waals surface area contributed by atoms with Crippen molar-refractivity contribution >= 4 is 5.91 Å². The summed E-state index contributed by atoms with van der Waals surface area (Å²) in [7, 11) is 1.89. The van der Waals surface area contributed by atoms with Crippen molar-refractivity contribution in [3.8, 4) is 0 Å². The molecule has 1 saturated heterocycles. The summed E-state index contributed by atoms with van der Waals surface area (Å²) in [5.74, 6) is 1.04. The molecule has 0 unspecified atom stereocenters. The lowest BCUT2D eigenvalue weighted by molar-refractivity contribution is -0.146. The molecule has 0 bridgehead atoms. The van der Waals surface area contributed by atoms with Gasteiger partial charge in [0.25, 0.3) is 5.89 Å². The first-order chi connectivity index (χ1) is 11.3. The Bertz CT molecular complexity index is 751. The highest BCUT2D eigenvalue weighted by molar-refractivity contribution is 5.79. The maximum absolute atomic E-state index is 12.8. The number of amides is 1. The van der Waals surface area contributed by atoms with Crippen LogP contribution in [0.15, 0.2) is 4.52 Å². The van der Waals surface area contributed by atoms with Gasteiger partial charge < -0.3 is 14.2 Å². The minimum absolute atomic E-state index is 0.0607. The van der Waals surface area contributed by atoms with E-state index in [1.165, 1.54) is 0 Å². The summed E-state index contributed by atoms with van der Waals surface area (Å²) in [6.45, 7) is 8.59. The molecule has 0 spiro atoms. The zero-order chi connectivity index (χ0) is 17.4. The molecule has 130 valence electrons. The molecule has 2 aromatic rings. The molecular formula is C16H23N5O3. The zero-order valence-electron chi connectivity index (χ0n) is 14.7. The zero-order valence-corrected chi connectivity index (χ0v) is 14.7. The Morgan fingerprint density at radius 2 is 2.04 bits per heavy atom. The molecule has 1 fully saturated rings. The molecule has 0 saturated carbocycles. The number of carbonyl (C=O) groups excluding carboxylic acids is 1. The molecule has 3 heterocycles. The Labute approximate surface area is 140 Å². The van der Waals surface area contributed by atoms with E-state index in [4.69, 9.17) is 9.26 Å². The molecule has 1 amide bonds. The van der Waals surface area contributed by atoms with Crippen molar-refractivity contribution in [2.75, 3.05) is 13.1 Å². The molecule has 1 aliphatic rings. The maximum Gasteiger partial charge on any atom is 0.257 e. The molecule has 0 aliphatic carbocycles. The summed E-state index contributed by atoms with van der Waals surface area (Å²) < 4.78 is 12.9. The summed E-state index contributed by atoms with van der Waals surface area (Å²) in [6.07, 6.45) is -0.126. The van der Waals surface area contributed by atoms with Gasteiger partial charge in [0.15, 0.2) is 11.9 Å². The van der Waals surface area contributed by atoms with E-state index in [2.05, 4.69) is 15.2 Å².